The van der Waals surface area contributed by atoms with Gasteiger partial charge < -0.3 is 9.84 Å². The minimum atomic E-state index is -0.896. The second-order valence-electron chi connectivity index (χ2n) is 1.94. The third-order valence-electron chi connectivity index (χ3n) is 1.09. The van der Waals surface area contributed by atoms with Crippen LogP contribution in [-0.4, -0.2) is 29.5 Å². The van der Waals surface area contributed by atoms with Gasteiger partial charge in [0.1, 0.15) is 0 Å². The van der Waals surface area contributed by atoms with Gasteiger partial charge in [-0.3, -0.25) is 0 Å². The van der Waals surface area contributed by atoms with Gasteiger partial charge in [0.2, 0.25) is 0 Å². The molecule has 1 aliphatic heterocycles. The molecular weight excluding hydrogens is 152 g/mol. The Morgan fingerprint density at radius 3 is 2.80 bits per heavy atom. The molecule has 1 N–H and O–H groups in total. The van der Waals surface area contributed by atoms with Gasteiger partial charge in [-0.15, -0.1) is 11.8 Å². The predicted molar refractivity (Wildman–Crippen MR) is 39.0 cm³/mol. The second kappa shape index (κ2) is 3.63. The molecule has 0 radical (unpaired) electrons. The van der Waals surface area contributed by atoms with Crippen LogP contribution in [0.15, 0.2) is 11.5 Å². The van der Waals surface area contributed by atoms with Crippen molar-refractivity contribution in [1.29, 1.82) is 0 Å². The average Bonchev–Trinajstić information content (AvgIpc) is 1.75. The molecule has 0 aromatic carbocycles. The molecule has 3 nitrogen and oxygen atoms in total. The molecule has 0 saturated carbocycles. The number of carboxylic acids is 1. The Labute approximate surface area is 63.1 Å². The summed E-state index contributed by atoms with van der Waals surface area (Å²) in [5, 5.41) is 10.2. The zero-order valence-electron chi connectivity index (χ0n) is 5.32. The van der Waals surface area contributed by atoms with Crippen LogP contribution in [0.1, 0.15) is 0 Å². The van der Waals surface area contributed by atoms with Crippen LogP contribution < -0.4 is 0 Å². The normalized spacial score (nSPS) is 19.2. The number of hydrogen-bond acceptors (Lipinski definition) is 3. The van der Waals surface area contributed by atoms with Crippen molar-refractivity contribution in [3.63, 3.8) is 0 Å². The summed E-state index contributed by atoms with van der Waals surface area (Å²) >= 11 is 1.51. The highest BCUT2D eigenvalue weighted by Gasteiger charge is 2.16. The number of thioether (sulfide) groups is 1. The summed E-state index contributed by atoms with van der Waals surface area (Å²) in [6, 6.07) is 0. The second-order valence-corrected chi connectivity index (χ2v) is 3.15. The van der Waals surface area contributed by atoms with Gasteiger partial charge in [0, 0.05) is 6.08 Å². The van der Waals surface area contributed by atoms with Crippen LogP contribution in [0.4, 0.5) is 0 Å². The molecule has 1 saturated heterocycles. The molecule has 0 spiro atoms. The fraction of sp³-hybridized carbons (Fsp3) is 0.500. The van der Waals surface area contributed by atoms with Gasteiger partial charge in [-0.05, 0) is 5.41 Å². The summed E-state index contributed by atoms with van der Waals surface area (Å²) in [6.07, 6.45) is 1.14. The van der Waals surface area contributed by atoms with E-state index in [1.165, 1.54) is 11.8 Å². The number of aliphatic carboxylic acids is 1. The maximum Gasteiger partial charge on any atom is 0.328 e. The Bertz CT molecular complexity index is 151. The van der Waals surface area contributed by atoms with Crippen molar-refractivity contribution in [3.8, 4) is 0 Å². The molecule has 0 aliphatic carbocycles. The third kappa shape index (κ3) is 2.41. The van der Waals surface area contributed by atoms with E-state index in [0.29, 0.717) is 5.25 Å². The topological polar surface area (TPSA) is 46.5 Å². The van der Waals surface area contributed by atoms with Crippen LogP contribution >= 0.6 is 11.8 Å². The third-order valence-corrected chi connectivity index (χ3v) is 2.04. The molecular formula is C6H8O3S. The average molecular weight is 160 g/mol. The van der Waals surface area contributed by atoms with Crippen LogP contribution in [0.2, 0.25) is 0 Å². The SMILES string of the molecule is O=C(O)C=CSC1COC1. The lowest BCUT2D eigenvalue weighted by Gasteiger charge is -2.23. The van der Waals surface area contributed by atoms with Crippen molar-refractivity contribution in [1.82, 2.24) is 0 Å². The fourth-order valence-electron chi connectivity index (χ4n) is 0.501. The maximum atomic E-state index is 9.96. The molecule has 1 aliphatic rings. The highest BCUT2D eigenvalue weighted by molar-refractivity contribution is 8.02. The smallest absolute Gasteiger partial charge is 0.328 e. The van der Waals surface area contributed by atoms with Crippen molar-refractivity contribution in [3.05, 3.63) is 11.5 Å². The number of carboxylic acid groups (broad SMARTS) is 1. The summed E-state index contributed by atoms with van der Waals surface area (Å²) in [4.78, 5) is 9.96. The van der Waals surface area contributed by atoms with Gasteiger partial charge in [-0.1, -0.05) is 0 Å². The Morgan fingerprint density at radius 1 is 1.70 bits per heavy atom. The van der Waals surface area contributed by atoms with Gasteiger partial charge in [0.15, 0.2) is 0 Å². The van der Waals surface area contributed by atoms with E-state index in [9.17, 15) is 4.79 Å². The van der Waals surface area contributed by atoms with Crippen molar-refractivity contribution in [2.45, 2.75) is 5.25 Å². The van der Waals surface area contributed by atoms with Gasteiger partial charge in [-0.2, -0.15) is 0 Å². The summed E-state index contributed by atoms with van der Waals surface area (Å²) in [7, 11) is 0. The minimum Gasteiger partial charge on any atom is -0.478 e. The van der Waals surface area contributed by atoms with E-state index in [4.69, 9.17) is 9.84 Å². The van der Waals surface area contributed by atoms with Gasteiger partial charge >= 0.3 is 5.97 Å². The number of ether oxygens (including phenoxy) is 1. The molecule has 0 bridgehead atoms. The predicted octanol–water partition coefficient (Wildman–Crippen LogP) is 0.717. The van der Waals surface area contributed by atoms with Crippen LogP contribution in [0.25, 0.3) is 0 Å². The Hall–Kier alpha value is -0.480. The molecule has 1 rings (SSSR count). The summed E-state index contributed by atoms with van der Waals surface area (Å²) < 4.78 is 4.89. The number of carbonyl (C=O) groups is 1. The van der Waals surface area contributed by atoms with Crippen molar-refractivity contribution >= 4 is 17.7 Å². The molecule has 0 aromatic rings. The van der Waals surface area contributed by atoms with E-state index in [1.54, 1.807) is 5.41 Å². The molecule has 1 heterocycles. The highest BCUT2D eigenvalue weighted by Crippen LogP contribution is 2.19. The van der Waals surface area contributed by atoms with Crippen LogP contribution in [0.3, 0.4) is 0 Å². The first kappa shape index (κ1) is 7.63. The number of rotatable bonds is 3. The summed E-state index contributed by atoms with van der Waals surface area (Å²) in [5.41, 5.74) is 0. The van der Waals surface area contributed by atoms with Gasteiger partial charge in [-0.25, -0.2) is 4.79 Å². The van der Waals surface area contributed by atoms with E-state index in [-0.39, 0.29) is 0 Å². The first-order chi connectivity index (χ1) is 4.79. The van der Waals surface area contributed by atoms with Gasteiger partial charge in [0.25, 0.3) is 0 Å². The zero-order valence-corrected chi connectivity index (χ0v) is 6.13. The van der Waals surface area contributed by atoms with E-state index >= 15 is 0 Å². The van der Waals surface area contributed by atoms with Crippen molar-refractivity contribution in [2.24, 2.45) is 0 Å². The Morgan fingerprint density at radius 2 is 2.40 bits per heavy atom. The largest absolute Gasteiger partial charge is 0.478 e. The van der Waals surface area contributed by atoms with Gasteiger partial charge in [0.05, 0.1) is 18.5 Å². The van der Waals surface area contributed by atoms with Crippen molar-refractivity contribution in [2.75, 3.05) is 13.2 Å². The molecule has 0 amide bonds. The van der Waals surface area contributed by atoms with E-state index in [0.717, 1.165) is 19.3 Å². The maximum absolute atomic E-state index is 9.96. The lowest BCUT2D eigenvalue weighted by atomic mass is 10.4. The monoisotopic (exact) mass is 160 g/mol. The molecule has 56 valence electrons. The molecule has 0 aromatic heterocycles. The lowest BCUT2D eigenvalue weighted by molar-refractivity contribution is -0.131. The van der Waals surface area contributed by atoms with E-state index in [1.807, 2.05) is 0 Å². The highest BCUT2D eigenvalue weighted by atomic mass is 32.2. The lowest BCUT2D eigenvalue weighted by Crippen LogP contribution is -2.29. The molecule has 0 atom stereocenters. The first-order valence-corrected chi connectivity index (χ1v) is 3.86. The summed E-state index contributed by atoms with van der Waals surface area (Å²) in [5.74, 6) is -0.896. The van der Waals surface area contributed by atoms with Crippen LogP contribution in [-0.2, 0) is 9.53 Å². The molecule has 0 unspecified atom stereocenters. The number of hydrogen-bond donors (Lipinski definition) is 1. The zero-order chi connectivity index (χ0) is 7.40. The quantitative estimate of drug-likeness (QED) is 0.618. The standard InChI is InChI=1S/C6H8O3S/c7-6(8)1-2-10-5-3-9-4-5/h1-2,5H,3-4H2,(H,7,8). The molecule has 4 heteroatoms. The van der Waals surface area contributed by atoms with E-state index in [2.05, 4.69) is 0 Å². The first-order valence-electron chi connectivity index (χ1n) is 2.91. The molecule has 1 fully saturated rings. The Balaban J connectivity index is 2.08. The van der Waals surface area contributed by atoms with Crippen molar-refractivity contribution < 1.29 is 14.6 Å². The summed E-state index contributed by atoms with van der Waals surface area (Å²) in [6.45, 7) is 1.49. The fourth-order valence-corrected chi connectivity index (χ4v) is 1.27. The molecule has 10 heavy (non-hydrogen) atoms. The van der Waals surface area contributed by atoms with Crippen LogP contribution in [0.5, 0.6) is 0 Å². The van der Waals surface area contributed by atoms with E-state index < -0.39 is 5.97 Å². The minimum absolute atomic E-state index is 0.468. The van der Waals surface area contributed by atoms with Crippen LogP contribution in [0, 0.1) is 0 Å². The Kier molecular flexibility index (Phi) is 2.77.